The van der Waals surface area contributed by atoms with Gasteiger partial charge in [0.2, 0.25) is 0 Å². The molecule has 4 nitrogen and oxygen atoms in total. The molecule has 46 heavy (non-hydrogen) atoms. The summed E-state index contributed by atoms with van der Waals surface area (Å²) in [7, 11) is 0. The second-order valence-corrected chi connectivity index (χ2v) is 11.1. The zero-order valence-corrected chi connectivity index (χ0v) is 25.0. The van der Waals surface area contributed by atoms with Crippen LogP contribution < -0.4 is 0 Å². The number of fused-ring (bicyclic) bond motifs is 1. The standard InChI is InChI=1S/C42H28N4/c1-3-9-33(10-4-1)40-44-41(34-11-5-2-6-12-34)46-42(45-40)35-23-21-32(22-24-35)37-14-8-15-38-36(13-7-16-39(37)38)31-19-17-29(18-20-31)30-25-27-43-28-26-30/h1-28H. The van der Waals surface area contributed by atoms with Gasteiger partial charge < -0.3 is 0 Å². The molecule has 0 aliphatic rings. The van der Waals surface area contributed by atoms with Gasteiger partial charge in [0.1, 0.15) is 0 Å². The summed E-state index contributed by atoms with van der Waals surface area (Å²) in [6.45, 7) is 0. The van der Waals surface area contributed by atoms with Gasteiger partial charge in [-0.2, -0.15) is 0 Å². The molecule has 0 bridgehead atoms. The predicted octanol–water partition coefficient (Wildman–Crippen LogP) is 10.4. The van der Waals surface area contributed by atoms with Crippen molar-refractivity contribution in [2.24, 2.45) is 0 Å². The number of pyridine rings is 1. The van der Waals surface area contributed by atoms with Gasteiger partial charge in [-0.05, 0) is 56.3 Å². The van der Waals surface area contributed by atoms with Crippen LogP contribution >= 0.6 is 0 Å². The van der Waals surface area contributed by atoms with E-state index < -0.39 is 0 Å². The lowest BCUT2D eigenvalue weighted by atomic mass is 9.92. The molecule has 0 fully saturated rings. The fourth-order valence-electron chi connectivity index (χ4n) is 5.94. The first-order chi connectivity index (χ1) is 22.8. The van der Waals surface area contributed by atoms with Crippen LogP contribution in [-0.2, 0) is 0 Å². The quantitative estimate of drug-likeness (QED) is 0.194. The van der Waals surface area contributed by atoms with Crippen molar-refractivity contribution in [2.45, 2.75) is 0 Å². The van der Waals surface area contributed by atoms with Crippen molar-refractivity contribution >= 4 is 10.8 Å². The molecule has 8 rings (SSSR count). The van der Waals surface area contributed by atoms with E-state index in [4.69, 9.17) is 15.0 Å². The monoisotopic (exact) mass is 588 g/mol. The molecule has 0 radical (unpaired) electrons. The Kier molecular flexibility index (Phi) is 7.14. The summed E-state index contributed by atoms with van der Waals surface area (Å²) in [6.07, 6.45) is 3.66. The summed E-state index contributed by atoms with van der Waals surface area (Å²) in [4.78, 5) is 18.8. The van der Waals surface area contributed by atoms with Gasteiger partial charge in [-0.3, -0.25) is 4.98 Å². The number of rotatable bonds is 6. The number of aromatic nitrogens is 4. The molecule has 0 unspecified atom stereocenters. The van der Waals surface area contributed by atoms with E-state index in [1.165, 1.54) is 33.0 Å². The summed E-state index contributed by atoms with van der Waals surface area (Å²) in [5.41, 5.74) is 9.92. The third-order valence-corrected chi connectivity index (χ3v) is 8.29. The summed E-state index contributed by atoms with van der Waals surface area (Å²) < 4.78 is 0. The van der Waals surface area contributed by atoms with Crippen LogP contribution in [0.3, 0.4) is 0 Å². The Morgan fingerprint density at radius 1 is 0.261 bits per heavy atom. The molecule has 0 saturated carbocycles. The number of hydrogen-bond donors (Lipinski definition) is 0. The molecule has 0 spiro atoms. The van der Waals surface area contributed by atoms with Crippen LogP contribution in [0.15, 0.2) is 170 Å². The first-order valence-corrected chi connectivity index (χ1v) is 15.3. The van der Waals surface area contributed by atoms with Crippen LogP contribution in [0.2, 0.25) is 0 Å². The van der Waals surface area contributed by atoms with Crippen molar-refractivity contribution in [3.8, 4) is 67.5 Å². The van der Waals surface area contributed by atoms with Crippen LogP contribution in [0.5, 0.6) is 0 Å². The van der Waals surface area contributed by atoms with E-state index in [0.29, 0.717) is 17.5 Å². The van der Waals surface area contributed by atoms with Crippen LogP contribution in [0, 0.1) is 0 Å². The third kappa shape index (κ3) is 5.33. The molecular weight excluding hydrogens is 560 g/mol. The van der Waals surface area contributed by atoms with E-state index in [1.807, 2.05) is 85.2 Å². The van der Waals surface area contributed by atoms with Crippen molar-refractivity contribution in [3.05, 3.63) is 170 Å². The number of nitrogens with zero attached hydrogens (tertiary/aromatic N) is 4. The number of benzene rings is 6. The van der Waals surface area contributed by atoms with Gasteiger partial charge in [-0.15, -0.1) is 0 Å². The average Bonchev–Trinajstić information content (AvgIpc) is 3.15. The minimum atomic E-state index is 0.648. The van der Waals surface area contributed by atoms with E-state index in [1.54, 1.807) is 0 Å². The molecule has 0 aliphatic heterocycles. The summed E-state index contributed by atoms with van der Waals surface area (Å²) >= 11 is 0. The van der Waals surface area contributed by atoms with Gasteiger partial charge in [-0.1, -0.05) is 146 Å². The smallest absolute Gasteiger partial charge is 0.164 e. The lowest BCUT2D eigenvalue weighted by Gasteiger charge is -2.13. The Morgan fingerprint density at radius 2 is 0.630 bits per heavy atom. The molecule has 2 heterocycles. The molecule has 0 atom stereocenters. The normalized spacial score (nSPS) is 11.0. The van der Waals surface area contributed by atoms with E-state index >= 15 is 0 Å². The number of hydrogen-bond acceptors (Lipinski definition) is 4. The summed E-state index contributed by atoms with van der Waals surface area (Å²) in [5.74, 6) is 1.96. The maximum atomic E-state index is 4.90. The highest BCUT2D eigenvalue weighted by molar-refractivity contribution is 6.04. The maximum Gasteiger partial charge on any atom is 0.164 e. The van der Waals surface area contributed by atoms with Crippen molar-refractivity contribution in [1.29, 1.82) is 0 Å². The Bertz CT molecular complexity index is 2210. The van der Waals surface area contributed by atoms with E-state index in [0.717, 1.165) is 27.8 Å². The van der Waals surface area contributed by atoms with Gasteiger partial charge in [0.05, 0.1) is 0 Å². The van der Waals surface area contributed by atoms with Gasteiger partial charge in [0, 0.05) is 29.1 Å². The molecule has 0 aliphatic carbocycles. The van der Waals surface area contributed by atoms with Crippen LogP contribution in [-0.4, -0.2) is 19.9 Å². The highest BCUT2D eigenvalue weighted by Gasteiger charge is 2.13. The molecule has 4 heteroatoms. The summed E-state index contributed by atoms with van der Waals surface area (Å²) in [6, 6.07) is 54.6. The van der Waals surface area contributed by atoms with Crippen LogP contribution in [0.1, 0.15) is 0 Å². The van der Waals surface area contributed by atoms with Crippen LogP contribution in [0.4, 0.5) is 0 Å². The topological polar surface area (TPSA) is 51.6 Å². The predicted molar refractivity (Wildman–Crippen MR) is 188 cm³/mol. The van der Waals surface area contributed by atoms with Gasteiger partial charge in [0.15, 0.2) is 17.5 Å². The highest BCUT2D eigenvalue weighted by Crippen LogP contribution is 2.36. The molecule has 8 aromatic rings. The molecule has 2 aromatic heterocycles. The average molecular weight is 589 g/mol. The van der Waals surface area contributed by atoms with Crippen molar-refractivity contribution in [2.75, 3.05) is 0 Å². The van der Waals surface area contributed by atoms with Crippen molar-refractivity contribution in [1.82, 2.24) is 19.9 Å². The van der Waals surface area contributed by atoms with Gasteiger partial charge in [0.25, 0.3) is 0 Å². The molecule has 0 saturated heterocycles. The molecule has 6 aromatic carbocycles. The van der Waals surface area contributed by atoms with E-state index in [9.17, 15) is 0 Å². The maximum absolute atomic E-state index is 4.90. The Balaban J connectivity index is 1.16. The van der Waals surface area contributed by atoms with Crippen molar-refractivity contribution < 1.29 is 0 Å². The summed E-state index contributed by atoms with van der Waals surface area (Å²) in [5, 5.41) is 2.43. The lowest BCUT2D eigenvalue weighted by Crippen LogP contribution is -2.00. The fraction of sp³-hybridized carbons (Fsp3) is 0. The minimum absolute atomic E-state index is 0.648. The lowest BCUT2D eigenvalue weighted by molar-refractivity contribution is 1.07. The zero-order chi connectivity index (χ0) is 30.7. The SMILES string of the molecule is c1ccc(-c2nc(-c3ccccc3)nc(-c3ccc(-c4cccc5c(-c6ccc(-c7ccncc7)cc6)cccc45)cc3)n2)cc1. The third-order valence-electron chi connectivity index (χ3n) is 8.29. The first kappa shape index (κ1) is 27.3. The minimum Gasteiger partial charge on any atom is -0.265 e. The zero-order valence-electron chi connectivity index (χ0n) is 25.0. The Hall–Kier alpha value is -6.26. The van der Waals surface area contributed by atoms with Crippen molar-refractivity contribution in [3.63, 3.8) is 0 Å². The molecule has 216 valence electrons. The Labute approximate surface area is 267 Å². The fourth-order valence-corrected chi connectivity index (χ4v) is 5.94. The molecule has 0 amide bonds. The highest BCUT2D eigenvalue weighted by atomic mass is 15.0. The van der Waals surface area contributed by atoms with E-state index in [-0.39, 0.29) is 0 Å². The molecule has 0 N–H and O–H groups in total. The molecular formula is C42H28N4. The largest absolute Gasteiger partial charge is 0.265 e. The van der Waals surface area contributed by atoms with E-state index in [2.05, 4.69) is 89.9 Å². The first-order valence-electron chi connectivity index (χ1n) is 15.3. The van der Waals surface area contributed by atoms with Gasteiger partial charge >= 0.3 is 0 Å². The second-order valence-electron chi connectivity index (χ2n) is 11.1. The second kappa shape index (κ2) is 12.0. The van der Waals surface area contributed by atoms with Crippen LogP contribution in [0.25, 0.3) is 78.3 Å². The Morgan fingerprint density at radius 3 is 1.09 bits per heavy atom. The van der Waals surface area contributed by atoms with Gasteiger partial charge in [-0.25, -0.2) is 15.0 Å².